The molecule has 2 heterocycles. The van der Waals surface area contributed by atoms with E-state index in [0.29, 0.717) is 5.09 Å². The number of furan rings is 1. The van der Waals surface area contributed by atoms with Gasteiger partial charge in [-0.15, -0.1) is 0 Å². The lowest BCUT2D eigenvalue weighted by Gasteiger charge is -2.26. The minimum atomic E-state index is -1.02. The second-order valence-corrected chi connectivity index (χ2v) is 4.83. The van der Waals surface area contributed by atoms with Gasteiger partial charge in [0, 0.05) is 25.4 Å². The van der Waals surface area contributed by atoms with Crippen LogP contribution in [-0.4, -0.2) is 54.6 Å². The first-order chi connectivity index (χ1) is 8.25. The monoisotopic (exact) mass is 257 g/mol. The van der Waals surface area contributed by atoms with E-state index in [-0.39, 0.29) is 5.76 Å². The first-order valence-electron chi connectivity index (χ1n) is 5.52. The molecule has 1 aromatic rings. The summed E-state index contributed by atoms with van der Waals surface area (Å²) in [4.78, 5) is 12.9. The van der Waals surface area contributed by atoms with Crippen LogP contribution >= 0.6 is 11.8 Å². The van der Waals surface area contributed by atoms with Crippen molar-refractivity contribution < 1.29 is 19.1 Å². The van der Waals surface area contributed by atoms with Gasteiger partial charge in [0.25, 0.3) is 0 Å². The molecule has 0 amide bonds. The molecule has 1 fully saturated rings. The summed E-state index contributed by atoms with van der Waals surface area (Å²) < 4.78 is 10.4. The molecule has 1 aromatic heterocycles. The van der Waals surface area contributed by atoms with Gasteiger partial charge in [-0.05, 0) is 12.1 Å². The Kier molecular flexibility index (Phi) is 4.47. The fourth-order valence-corrected chi connectivity index (χ4v) is 2.48. The molecule has 1 saturated heterocycles. The van der Waals surface area contributed by atoms with Crippen LogP contribution in [0.1, 0.15) is 10.6 Å². The fraction of sp³-hybridized carbons (Fsp3) is 0.545. The van der Waals surface area contributed by atoms with E-state index in [9.17, 15) is 4.79 Å². The highest BCUT2D eigenvalue weighted by Gasteiger charge is 2.12. The van der Waals surface area contributed by atoms with E-state index >= 15 is 0 Å². The summed E-state index contributed by atoms with van der Waals surface area (Å²) in [6.45, 7) is 4.51. The zero-order chi connectivity index (χ0) is 12.1. The minimum absolute atomic E-state index is 0.00104. The topological polar surface area (TPSA) is 62.9 Å². The lowest BCUT2D eigenvalue weighted by molar-refractivity contribution is 0.0410. The number of nitrogens with zero attached hydrogens (tertiary/aromatic N) is 1. The number of carboxylic acids is 1. The van der Waals surface area contributed by atoms with Crippen LogP contribution in [0.25, 0.3) is 0 Å². The molecule has 1 N–H and O–H groups in total. The van der Waals surface area contributed by atoms with Crippen molar-refractivity contribution in [2.75, 3.05) is 38.6 Å². The Labute approximate surface area is 104 Å². The van der Waals surface area contributed by atoms with Crippen molar-refractivity contribution in [1.29, 1.82) is 0 Å². The maximum Gasteiger partial charge on any atom is 0.371 e. The van der Waals surface area contributed by atoms with E-state index < -0.39 is 5.97 Å². The predicted octanol–water partition coefficient (Wildman–Crippen LogP) is 1.40. The van der Waals surface area contributed by atoms with E-state index in [1.165, 1.54) is 17.8 Å². The third-order valence-corrected chi connectivity index (χ3v) is 3.44. The molecule has 5 nitrogen and oxygen atoms in total. The Bertz CT molecular complexity index is 373. The highest BCUT2D eigenvalue weighted by molar-refractivity contribution is 7.99. The van der Waals surface area contributed by atoms with Crippen LogP contribution in [0.2, 0.25) is 0 Å². The van der Waals surface area contributed by atoms with E-state index in [1.54, 1.807) is 6.07 Å². The van der Waals surface area contributed by atoms with Crippen molar-refractivity contribution in [3.63, 3.8) is 0 Å². The molecule has 0 saturated carbocycles. The van der Waals surface area contributed by atoms with Crippen LogP contribution in [0, 0.1) is 0 Å². The summed E-state index contributed by atoms with van der Waals surface area (Å²) in [7, 11) is 0. The van der Waals surface area contributed by atoms with Crippen LogP contribution in [-0.2, 0) is 4.74 Å². The molecule has 17 heavy (non-hydrogen) atoms. The van der Waals surface area contributed by atoms with Crippen LogP contribution in [0.4, 0.5) is 0 Å². The number of rotatable bonds is 5. The van der Waals surface area contributed by atoms with Crippen molar-refractivity contribution >= 4 is 17.7 Å². The first kappa shape index (κ1) is 12.5. The van der Waals surface area contributed by atoms with Gasteiger partial charge in [-0.25, -0.2) is 4.79 Å². The highest BCUT2D eigenvalue weighted by Crippen LogP contribution is 2.21. The van der Waals surface area contributed by atoms with E-state index in [4.69, 9.17) is 14.3 Å². The van der Waals surface area contributed by atoms with Crippen molar-refractivity contribution in [2.45, 2.75) is 5.09 Å². The summed E-state index contributed by atoms with van der Waals surface area (Å²) in [6, 6.07) is 3.19. The number of hydrogen-bond acceptors (Lipinski definition) is 5. The van der Waals surface area contributed by atoms with Crippen LogP contribution in [0.15, 0.2) is 21.6 Å². The molecule has 2 rings (SSSR count). The number of carboxylic acid groups (broad SMARTS) is 1. The molecule has 1 aliphatic rings. The number of carbonyl (C=O) groups is 1. The zero-order valence-corrected chi connectivity index (χ0v) is 10.2. The highest BCUT2D eigenvalue weighted by atomic mass is 32.2. The zero-order valence-electron chi connectivity index (χ0n) is 9.42. The van der Waals surface area contributed by atoms with Gasteiger partial charge >= 0.3 is 5.97 Å². The standard InChI is InChI=1S/C11H15NO4S/c13-11(14)9-1-2-10(16-9)17-8-5-12-3-6-15-7-4-12/h1-2H,3-8H2,(H,13,14). The summed E-state index contributed by atoms with van der Waals surface area (Å²) in [5.74, 6) is -0.129. The number of hydrogen-bond donors (Lipinski definition) is 1. The summed E-state index contributed by atoms with van der Waals surface area (Å²) in [5.41, 5.74) is 0. The van der Waals surface area contributed by atoms with Gasteiger partial charge in [0.05, 0.1) is 13.2 Å². The van der Waals surface area contributed by atoms with Gasteiger partial charge in [-0.1, -0.05) is 11.8 Å². The number of morpholine rings is 1. The maximum atomic E-state index is 10.6. The van der Waals surface area contributed by atoms with Gasteiger partial charge in [-0.3, -0.25) is 4.90 Å². The number of thioether (sulfide) groups is 1. The van der Waals surface area contributed by atoms with Gasteiger partial charge in [0.2, 0.25) is 5.76 Å². The quantitative estimate of drug-likeness (QED) is 0.804. The molecule has 0 radical (unpaired) electrons. The number of aromatic carboxylic acids is 1. The Morgan fingerprint density at radius 2 is 2.18 bits per heavy atom. The Morgan fingerprint density at radius 1 is 1.41 bits per heavy atom. The molecule has 0 aromatic carbocycles. The molecular formula is C11H15NO4S. The normalized spacial score (nSPS) is 17.2. The molecule has 1 aliphatic heterocycles. The molecule has 0 atom stereocenters. The van der Waals surface area contributed by atoms with Gasteiger partial charge in [-0.2, -0.15) is 0 Å². The second kappa shape index (κ2) is 6.09. The van der Waals surface area contributed by atoms with Crippen molar-refractivity contribution in [1.82, 2.24) is 4.90 Å². The molecular weight excluding hydrogens is 242 g/mol. The Morgan fingerprint density at radius 3 is 2.82 bits per heavy atom. The third kappa shape index (κ3) is 3.76. The summed E-state index contributed by atoms with van der Waals surface area (Å²) >= 11 is 1.54. The molecule has 0 bridgehead atoms. The second-order valence-electron chi connectivity index (χ2n) is 3.73. The SMILES string of the molecule is O=C(O)c1ccc(SCCN2CCOCC2)o1. The van der Waals surface area contributed by atoms with Gasteiger partial charge in [0.15, 0.2) is 5.09 Å². The molecule has 0 spiro atoms. The van der Waals surface area contributed by atoms with E-state index in [2.05, 4.69) is 4.90 Å². The lowest BCUT2D eigenvalue weighted by Crippen LogP contribution is -2.37. The van der Waals surface area contributed by atoms with Crippen LogP contribution in [0.5, 0.6) is 0 Å². The smallest absolute Gasteiger partial charge is 0.371 e. The van der Waals surface area contributed by atoms with Gasteiger partial charge < -0.3 is 14.3 Å². The van der Waals surface area contributed by atoms with Crippen LogP contribution in [0.3, 0.4) is 0 Å². The Balaban J connectivity index is 1.71. The average Bonchev–Trinajstić information content (AvgIpc) is 2.79. The average molecular weight is 257 g/mol. The van der Waals surface area contributed by atoms with E-state index in [0.717, 1.165) is 38.6 Å². The summed E-state index contributed by atoms with van der Waals surface area (Å²) in [6.07, 6.45) is 0. The third-order valence-electron chi connectivity index (χ3n) is 2.55. The van der Waals surface area contributed by atoms with Crippen LogP contribution < -0.4 is 0 Å². The lowest BCUT2D eigenvalue weighted by atomic mass is 10.4. The fourth-order valence-electron chi connectivity index (χ4n) is 1.61. The molecule has 94 valence electrons. The molecule has 6 heteroatoms. The van der Waals surface area contributed by atoms with Gasteiger partial charge in [0.1, 0.15) is 0 Å². The minimum Gasteiger partial charge on any atom is -0.475 e. The number of ether oxygens (including phenoxy) is 1. The van der Waals surface area contributed by atoms with Crippen molar-refractivity contribution in [3.8, 4) is 0 Å². The van der Waals surface area contributed by atoms with E-state index in [1.807, 2.05) is 0 Å². The predicted molar refractivity (Wildman–Crippen MR) is 63.7 cm³/mol. The molecule has 0 aliphatic carbocycles. The van der Waals surface area contributed by atoms with Crippen molar-refractivity contribution in [3.05, 3.63) is 17.9 Å². The largest absolute Gasteiger partial charge is 0.475 e. The maximum absolute atomic E-state index is 10.6. The Hall–Kier alpha value is -0.980. The van der Waals surface area contributed by atoms with Crippen molar-refractivity contribution in [2.24, 2.45) is 0 Å². The first-order valence-corrected chi connectivity index (χ1v) is 6.50. The summed E-state index contributed by atoms with van der Waals surface area (Å²) in [5, 5.41) is 9.36. The molecule has 0 unspecified atom stereocenters.